The number of rotatable bonds is 9. The van der Waals surface area contributed by atoms with E-state index in [2.05, 4.69) is 5.32 Å². The van der Waals surface area contributed by atoms with Gasteiger partial charge in [-0.1, -0.05) is 12.1 Å². The lowest BCUT2D eigenvalue weighted by molar-refractivity contribution is 0.0987. The lowest BCUT2D eigenvalue weighted by Crippen LogP contribution is -2.33. The van der Waals surface area contributed by atoms with Crippen LogP contribution in [0.2, 0.25) is 0 Å². The fraction of sp³-hybridized carbons (Fsp3) is 0.450. The van der Waals surface area contributed by atoms with Crippen LogP contribution in [0.1, 0.15) is 35.0 Å². The Labute approximate surface area is 166 Å². The van der Waals surface area contributed by atoms with E-state index >= 15 is 0 Å². The Balaban J connectivity index is 1.57. The second kappa shape index (κ2) is 9.00. The maximum atomic E-state index is 12.6. The van der Waals surface area contributed by atoms with E-state index in [9.17, 15) is 13.2 Å². The third-order valence-corrected chi connectivity index (χ3v) is 6.91. The summed E-state index contributed by atoms with van der Waals surface area (Å²) < 4.78 is 32.1. The number of carbonyl (C=O) groups is 1. The van der Waals surface area contributed by atoms with E-state index in [0.717, 1.165) is 18.6 Å². The first-order valence-electron chi connectivity index (χ1n) is 9.43. The van der Waals surface area contributed by atoms with Gasteiger partial charge in [-0.05, 0) is 51.2 Å². The zero-order valence-electron chi connectivity index (χ0n) is 16.3. The number of furan rings is 1. The summed E-state index contributed by atoms with van der Waals surface area (Å²) in [6, 6.07) is 9.99. The van der Waals surface area contributed by atoms with Crippen molar-refractivity contribution in [2.75, 3.05) is 40.3 Å². The summed E-state index contributed by atoms with van der Waals surface area (Å²) in [6.07, 6.45) is 3.43. The van der Waals surface area contributed by atoms with Crippen molar-refractivity contribution < 1.29 is 17.6 Å². The second-order valence-corrected chi connectivity index (χ2v) is 9.12. The number of benzene rings is 1. The predicted molar refractivity (Wildman–Crippen MR) is 107 cm³/mol. The molecule has 0 aliphatic carbocycles. The number of sulfonamides is 1. The summed E-state index contributed by atoms with van der Waals surface area (Å²) in [6.45, 7) is 1.86. The summed E-state index contributed by atoms with van der Waals surface area (Å²) in [4.78, 5) is 14.7. The number of hydrogen-bond acceptors (Lipinski definition) is 6. The van der Waals surface area contributed by atoms with E-state index in [1.807, 2.05) is 31.1 Å². The predicted octanol–water partition coefficient (Wildman–Crippen LogP) is 2.14. The third kappa shape index (κ3) is 4.70. The molecule has 0 radical (unpaired) electrons. The number of nitrogens with one attached hydrogen (secondary N) is 1. The summed E-state index contributed by atoms with van der Waals surface area (Å²) in [5, 5.41) is 3.17. The molecule has 0 saturated carbocycles. The fourth-order valence-corrected chi connectivity index (χ4v) is 4.85. The lowest BCUT2D eigenvalue weighted by Gasteiger charge is -2.22. The molecule has 0 spiro atoms. The number of nitrogens with zero attached hydrogens (tertiary/aromatic N) is 2. The molecule has 1 N–H and O–H groups in total. The van der Waals surface area contributed by atoms with E-state index < -0.39 is 10.0 Å². The molecule has 1 aliphatic rings. The molecule has 152 valence electrons. The Morgan fingerprint density at radius 1 is 1.18 bits per heavy atom. The van der Waals surface area contributed by atoms with E-state index in [1.165, 1.54) is 16.4 Å². The van der Waals surface area contributed by atoms with Crippen molar-refractivity contribution in [1.29, 1.82) is 0 Å². The van der Waals surface area contributed by atoms with Crippen LogP contribution >= 0.6 is 0 Å². The molecule has 2 aromatic rings. The van der Waals surface area contributed by atoms with Crippen LogP contribution in [-0.2, 0) is 10.0 Å². The normalized spacial score (nSPS) is 16.5. The molecule has 1 atom stereocenters. The molecular formula is C20H27N3O4S. The number of Topliss-reactive ketones (excluding diaryl/α,β-unsaturated/α-hetero) is 1. The number of likely N-dealkylation sites (N-methyl/N-ethyl adjacent to an activating group) is 1. The average molecular weight is 406 g/mol. The Bertz CT molecular complexity index is 871. The van der Waals surface area contributed by atoms with Crippen LogP contribution in [0, 0.1) is 0 Å². The fourth-order valence-electron chi connectivity index (χ4n) is 3.33. The van der Waals surface area contributed by atoms with Gasteiger partial charge in [0, 0.05) is 25.2 Å². The first-order chi connectivity index (χ1) is 13.4. The molecule has 1 aliphatic heterocycles. The van der Waals surface area contributed by atoms with Crippen molar-refractivity contribution in [3.8, 4) is 0 Å². The summed E-state index contributed by atoms with van der Waals surface area (Å²) in [7, 11) is 0.456. The first kappa shape index (κ1) is 20.7. The van der Waals surface area contributed by atoms with Crippen LogP contribution in [0.15, 0.2) is 52.0 Å². The summed E-state index contributed by atoms with van der Waals surface area (Å²) in [5.41, 5.74) is 0.493. The molecule has 1 unspecified atom stereocenters. The van der Waals surface area contributed by atoms with Crippen LogP contribution in [0.4, 0.5) is 0 Å². The molecule has 1 fully saturated rings. The van der Waals surface area contributed by atoms with Gasteiger partial charge in [0.05, 0.1) is 23.7 Å². The second-order valence-electron chi connectivity index (χ2n) is 7.18. The van der Waals surface area contributed by atoms with Crippen molar-refractivity contribution in [2.24, 2.45) is 0 Å². The van der Waals surface area contributed by atoms with Crippen LogP contribution in [0.25, 0.3) is 0 Å². The highest BCUT2D eigenvalue weighted by Crippen LogP contribution is 2.21. The molecule has 1 aromatic carbocycles. The summed E-state index contributed by atoms with van der Waals surface area (Å²) >= 11 is 0. The maximum absolute atomic E-state index is 12.6. The number of ketones is 1. The highest BCUT2D eigenvalue weighted by atomic mass is 32.2. The van der Waals surface area contributed by atoms with Gasteiger partial charge in [-0.25, -0.2) is 8.42 Å². The van der Waals surface area contributed by atoms with Crippen molar-refractivity contribution in [2.45, 2.75) is 23.8 Å². The third-order valence-electron chi connectivity index (χ3n) is 5.00. The topological polar surface area (TPSA) is 82.9 Å². The van der Waals surface area contributed by atoms with Crippen molar-refractivity contribution >= 4 is 15.8 Å². The largest absolute Gasteiger partial charge is 0.468 e. The molecule has 3 rings (SSSR count). The summed E-state index contributed by atoms with van der Waals surface area (Å²) in [5.74, 6) is 0.753. The van der Waals surface area contributed by atoms with E-state index in [4.69, 9.17) is 4.42 Å². The minimum atomic E-state index is -3.45. The van der Waals surface area contributed by atoms with Crippen LogP contribution in [-0.4, -0.2) is 63.7 Å². The Kier molecular flexibility index (Phi) is 6.66. The molecule has 2 heterocycles. The quantitative estimate of drug-likeness (QED) is 0.644. The van der Waals surface area contributed by atoms with Crippen molar-refractivity contribution in [1.82, 2.24) is 14.5 Å². The zero-order chi connectivity index (χ0) is 20.1. The van der Waals surface area contributed by atoms with E-state index in [0.29, 0.717) is 25.2 Å². The molecule has 1 saturated heterocycles. The van der Waals surface area contributed by atoms with E-state index in [-0.39, 0.29) is 23.3 Å². The highest BCUT2D eigenvalue weighted by Gasteiger charge is 2.27. The van der Waals surface area contributed by atoms with Gasteiger partial charge < -0.3 is 9.73 Å². The minimum absolute atomic E-state index is 0.0239. The zero-order valence-corrected chi connectivity index (χ0v) is 17.1. The van der Waals surface area contributed by atoms with E-state index in [1.54, 1.807) is 18.4 Å². The van der Waals surface area contributed by atoms with Crippen LogP contribution < -0.4 is 5.32 Å². The molecule has 0 amide bonds. The Morgan fingerprint density at radius 3 is 2.43 bits per heavy atom. The number of carbonyl (C=O) groups excluding carboxylic acids is 1. The molecule has 0 bridgehead atoms. The van der Waals surface area contributed by atoms with Gasteiger partial charge in [-0.3, -0.25) is 9.69 Å². The van der Waals surface area contributed by atoms with Gasteiger partial charge in [-0.15, -0.1) is 0 Å². The standard InChI is InChI=1S/C20H27N3O4S/c1-22(2)18(20-6-5-13-27-20)14-21-15-19(24)16-7-9-17(10-8-16)28(25,26)23-11-3-4-12-23/h5-10,13,18,21H,3-4,11-12,14-15H2,1-2H3. The average Bonchev–Trinajstić information content (AvgIpc) is 3.39. The highest BCUT2D eigenvalue weighted by molar-refractivity contribution is 7.89. The van der Waals surface area contributed by atoms with Gasteiger partial charge in [-0.2, -0.15) is 4.31 Å². The van der Waals surface area contributed by atoms with Crippen LogP contribution in [0.5, 0.6) is 0 Å². The first-order valence-corrected chi connectivity index (χ1v) is 10.9. The molecule has 28 heavy (non-hydrogen) atoms. The monoisotopic (exact) mass is 405 g/mol. The molecule has 1 aromatic heterocycles. The lowest BCUT2D eigenvalue weighted by atomic mass is 10.1. The minimum Gasteiger partial charge on any atom is -0.468 e. The van der Waals surface area contributed by atoms with Gasteiger partial charge in [0.1, 0.15) is 5.76 Å². The van der Waals surface area contributed by atoms with Crippen molar-refractivity contribution in [3.05, 3.63) is 54.0 Å². The maximum Gasteiger partial charge on any atom is 0.243 e. The van der Waals surface area contributed by atoms with Gasteiger partial charge in [0.15, 0.2) is 5.78 Å². The molecular weight excluding hydrogens is 378 g/mol. The smallest absolute Gasteiger partial charge is 0.243 e. The van der Waals surface area contributed by atoms with Crippen LogP contribution in [0.3, 0.4) is 0 Å². The Morgan fingerprint density at radius 2 is 1.86 bits per heavy atom. The van der Waals surface area contributed by atoms with Gasteiger partial charge in [0.2, 0.25) is 10.0 Å². The molecule has 8 heteroatoms. The van der Waals surface area contributed by atoms with Gasteiger partial charge >= 0.3 is 0 Å². The van der Waals surface area contributed by atoms with Crippen molar-refractivity contribution in [3.63, 3.8) is 0 Å². The Hall–Kier alpha value is -2.00. The number of hydrogen-bond donors (Lipinski definition) is 1. The van der Waals surface area contributed by atoms with Gasteiger partial charge in [0.25, 0.3) is 0 Å². The SMILES string of the molecule is CN(C)C(CNCC(=O)c1ccc(S(=O)(=O)N2CCCC2)cc1)c1ccco1. The molecule has 7 nitrogen and oxygen atoms in total.